The molecule has 3 rings (SSSR count). The number of hydrogen-bond donors (Lipinski definition) is 3. The molecule has 0 unspecified atom stereocenters. The molecule has 0 aliphatic rings. The number of nitrogens with one attached hydrogen (secondary N) is 1. The van der Waals surface area contributed by atoms with E-state index in [0.29, 0.717) is 11.1 Å². The fraction of sp³-hybridized carbons (Fsp3) is 0. The maximum atomic E-state index is 12.4. The van der Waals surface area contributed by atoms with Crippen molar-refractivity contribution in [3.05, 3.63) is 78.4 Å². The van der Waals surface area contributed by atoms with Crippen LogP contribution in [-0.2, 0) is 10.0 Å². The van der Waals surface area contributed by atoms with Crippen LogP contribution >= 0.6 is 0 Å². The molecule has 0 aliphatic carbocycles. The maximum absolute atomic E-state index is 12.4. The molecule has 0 saturated carbocycles. The van der Waals surface area contributed by atoms with E-state index < -0.39 is 16.0 Å². The number of aromatic carboxylic acids is 1. The molecule has 7 heteroatoms. The predicted molar refractivity (Wildman–Crippen MR) is 97.8 cm³/mol. The van der Waals surface area contributed by atoms with Gasteiger partial charge < -0.3 is 10.2 Å². The Labute approximate surface area is 150 Å². The van der Waals surface area contributed by atoms with Crippen molar-refractivity contribution >= 4 is 21.7 Å². The summed E-state index contributed by atoms with van der Waals surface area (Å²) in [6.45, 7) is 0. The highest BCUT2D eigenvalue weighted by Crippen LogP contribution is 2.24. The smallest absolute Gasteiger partial charge is 0.335 e. The summed E-state index contributed by atoms with van der Waals surface area (Å²) in [5, 5.41) is 18.5. The molecule has 0 spiro atoms. The minimum absolute atomic E-state index is 0.0427. The van der Waals surface area contributed by atoms with Crippen LogP contribution < -0.4 is 4.72 Å². The molecular formula is C19H15NO5S. The fourth-order valence-electron chi connectivity index (χ4n) is 2.44. The highest BCUT2D eigenvalue weighted by Gasteiger charge is 2.14. The van der Waals surface area contributed by atoms with Gasteiger partial charge in [-0.1, -0.05) is 30.3 Å². The number of sulfonamides is 1. The lowest BCUT2D eigenvalue weighted by Gasteiger charge is -2.09. The van der Waals surface area contributed by atoms with Crippen molar-refractivity contribution in [1.29, 1.82) is 0 Å². The van der Waals surface area contributed by atoms with Gasteiger partial charge in [-0.05, 0) is 47.5 Å². The van der Waals surface area contributed by atoms with Gasteiger partial charge in [-0.15, -0.1) is 0 Å². The van der Waals surface area contributed by atoms with Crippen LogP contribution in [0.1, 0.15) is 10.4 Å². The third-order valence-corrected chi connectivity index (χ3v) is 5.10. The maximum Gasteiger partial charge on any atom is 0.335 e. The van der Waals surface area contributed by atoms with Crippen LogP contribution in [0.15, 0.2) is 77.7 Å². The van der Waals surface area contributed by atoms with Crippen molar-refractivity contribution in [3.63, 3.8) is 0 Å². The standard InChI is InChI=1S/C19H15NO5S/c21-17-6-2-5-16(12-17)20-26(24,25)18-9-7-13(8-10-18)14-3-1-4-15(11-14)19(22)23/h1-12,20-21H,(H,22,23). The topological polar surface area (TPSA) is 104 Å². The first-order chi connectivity index (χ1) is 12.3. The molecule has 0 heterocycles. The molecule has 3 aromatic carbocycles. The average molecular weight is 369 g/mol. The summed E-state index contributed by atoms with van der Waals surface area (Å²) in [6, 6.07) is 18.3. The van der Waals surface area contributed by atoms with E-state index >= 15 is 0 Å². The number of aromatic hydroxyl groups is 1. The average Bonchev–Trinajstić information content (AvgIpc) is 2.61. The van der Waals surface area contributed by atoms with E-state index in [4.69, 9.17) is 5.11 Å². The molecule has 0 amide bonds. The van der Waals surface area contributed by atoms with Gasteiger partial charge in [-0.25, -0.2) is 13.2 Å². The van der Waals surface area contributed by atoms with Crippen LogP contribution in [0.3, 0.4) is 0 Å². The van der Waals surface area contributed by atoms with Gasteiger partial charge in [0.1, 0.15) is 5.75 Å². The first kappa shape index (κ1) is 17.5. The third-order valence-electron chi connectivity index (χ3n) is 3.71. The van der Waals surface area contributed by atoms with Gasteiger partial charge in [0.25, 0.3) is 10.0 Å². The first-order valence-corrected chi connectivity index (χ1v) is 9.09. The molecule has 0 atom stereocenters. The molecule has 0 aliphatic heterocycles. The Bertz CT molecular complexity index is 1060. The van der Waals surface area contributed by atoms with Crippen molar-refractivity contribution < 1.29 is 23.4 Å². The van der Waals surface area contributed by atoms with E-state index in [1.807, 2.05) is 0 Å². The fourth-order valence-corrected chi connectivity index (χ4v) is 3.49. The highest BCUT2D eigenvalue weighted by atomic mass is 32.2. The monoisotopic (exact) mass is 369 g/mol. The van der Waals surface area contributed by atoms with Crippen LogP contribution in [0.2, 0.25) is 0 Å². The van der Waals surface area contributed by atoms with E-state index in [2.05, 4.69) is 4.72 Å². The second-order valence-corrected chi connectivity index (χ2v) is 7.25. The van der Waals surface area contributed by atoms with Gasteiger partial charge in [0.15, 0.2) is 0 Å². The molecule has 26 heavy (non-hydrogen) atoms. The van der Waals surface area contributed by atoms with Gasteiger partial charge >= 0.3 is 5.97 Å². The summed E-state index contributed by atoms with van der Waals surface area (Å²) >= 11 is 0. The Morgan fingerprint density at radius 3 is 2.19 bits per heavy atom. The third kappa shape index (κ3) is 3.84. The Morgan fingerprint density at radius 2 is 1.54 bits per heavy atom. The SMILES string of the molecule is O=C(O)c1cccc(-c2ccc(S(=O)(=O)Nc3cccc(O)c3)cc2)c1. The molecule has 0 radical (unpaired) electrons. The normalized spacial score (nSPS) is 11.1. The van der Waals surface area contributed by atoms with E-state index in [-0.39, 0.29) is 21.9 Å². The number of rotatable bonds is 5. The lowest BCUT2D eigenvalue weighted by Crippen LogP contribution is -2.12. The molecule has 3 aromatic rings. The Balaban J connectivity index is 1.87. The second kappa shape index (κ2) is 6.89. The zero-order chi connectivity index (χ0) is 18.7. The van der Waals surface area contributed by atoms with E-state index in [0.717, 1.165) is 0 Å². The first-order valence-electron chi connectivity index (χ1n) is 7.61. The van der Waals surface area contributed by atoms with Crippen molar-refractivity contribution in [3.8, 4) is 16.9 Å². The summed E-state index contributed by atoms with van der Waals surface area (Å²) in [5.41, 5.74) is 1.78. The molecule has 0 fully saturated rings. The molecule has 0 aromatic heterocycles. The number of phenolic OH excluding ortho intramolecular Hbond substituents is 1. The summed E-state index contributed by atoms with van der Waals surface area (Å²) < 4.78 is 27.3. The number of carbonyl (C=O) groups is 1. The lowest BCUT2D eigenvalue weighted by molar-refractivity contribution is 0.0697. The Kier molecular flexibility index (Phi) is 4.64. The quantitative estimate of drug-likeness (QED) is 0.638. The molecule has 6 nitrogen and oxygen atoms in total. The van der Waals surface area contributed by atoms with Crippen LogP contribution in [0.25, 0.3) is 11.1 Å². The summed E-state index contributed by atoms with van der Waals surface area (Å²) in [6.07, 6.45) is 0. The largest absolute Gasteiger partial charge is 0.508 e. The van der Waals surface area contributed by atoms with Crippen molar-refractivity contribution in [2.45, 2.75) is 4.90 Å². The Morgan fingerprint density at radius 1 is 0.846 bits per heavy atom. The predicted octanol–water partition coefficient (Wildman–Crippen LogP) is 3.56. The van der Waals surface area contributed by atoms with Gasteiger partial charge in [0.05, 0.1) is 16.1 Å². The number of benzene rings is 3. The van der Waals surface area contributed by atoms with Crippen LogP contribution in [0.4, 0.5) is 5.69 Å². The zero-order valence-electron chi connectivity index (χ0n) is 13.5. The van der Waals surface area contributed by atoms with E-state index in [9.17, 15) is 18.3 Å². The van der Waals surface area contributed by atoms with Gasteiger partial charge in [0.2, 0.25) is 0 Å². The minimum atomic E-state index is -3.81. The summed E-state index contributed by atoms with van der Waals surface area (Å²) in [7, 11) is -3.81. The summed E-state index contributed by atoms with van der Waals surface area (Å²) in [5.74, 6) is -1.07. The summed E-state index contributed by atoms with van der Waals surface area (Å²) in [4.78, 5) is 11.1. The molecule has 3 N–H and O–H groups in total. The Hall–Kier alpha value is -3.32. The molecule has 0 bridgehead atoms. The molecule has 132 valence electrons. The second-order valence-electron chi connectivity index (χ2n) is 5.57. The van der Waals surface area contributed by atoms with Gasteiger partial charge in [0, 0.05) is 6.07 Å². The zero-order valence-corrected chi connectivity index (χ0v) is 14.3. The van der Waals surface area contributed by atoms with E-state index in [1.165, 1.54) is 48.5 Å². The van der Waals surface area contributed by atoms with Crippen molar-refractivity contribution in [2.75, 3.05) is 4.72 Å². The van der Waals surface area contributed by atoms with Crippen molar-refractivity contribution in [1.82, 2.24) is 0 Å². The van der Waals surface area contributed by atoms with Gasteiger partial charge in [-0.3, -0.25) is 4.72 Å². The molecule has 0 saturated heterocycles. The van der Waals surface area contributed by atoms with Crippen LogP contribution in [0, 0.1) is 0 Å². The number of carboxylic acid groups (broad SMARTS) is 1. The highest BCUT2D eigenvalue weighted by molar-refractivity contribution is 7.92. The number of carboxylic acids is 1. The van der Waals surface area contributed by atoms with Gasteiger partial charge in [-0.2, -0.15) is 0 Å². The lowest BCUT2D eigenvalue weighted by atomic mass is 10.0. The van der Waals surface area contributed by atoms with E-state index in [1.54, 1.807) is 24.3 Å². The van der Waals surface area contributed by atoms with Crippen LogP contribution in [-0.4, -0.2) is 24.6 Å². The number of hydrogen-bond acceptors (Lipinski definition) is 4. The number of anilines is 1. The molecular weight excluding hydrogens is 354 g/mol. The van der Waals surface area contributed by atoms with Crippen LogP contribution in [0.5, 0.6) is 5.75 Å². The van der Waals surface area contributed by atoms with Crippen molar-refractivity contribution in [2.24, 2.45) is 0 Å². The number of phenols is 1. The minimum Gasteiger partial charge on any atom is -0.508 e.